The number of aromatic nitrogens is 1. The van der Waals surface area contributed by atoms with Crippen LogP contribution in [0, 0.1) is 17.5 Å². The largest absolute Gasteiger partial charge is 0.483 e. The van der Waals surface area contributed by atoms with Gasteiger partial charge in [-0.05, 0) is 32.3 Å². The fraction of sp³-hybridized carbons (Fsp3) is 0.355. The maximum atomic E-state index is 14.3. The number of oxime groups is 1. The summed E-state index contributed by atoms with van der Waals surface area (Å²) in [5.74, 6) is -5.13. The van der Waals surface area contributed by atoms with Crippen molar-refractivity contribution < 1.29 is 32.3 Å². The third-order valence-corrected chi connectivity index (χ3v) is 8.43. The molecular formula is C31H29F3N4O5. The first-order chi connectivity index (χ1) is 20.6. The SMILES string of the molecule is CC1=NO[C@@]2(CC[C@H](C)N3C[C@H]2n2cc(C(=O)NCc4c(F)cc(F)cc4F)c(=O)c(OCc4ccccc4)c2C3=O)C1. The molecule has 6 rings (SSSR count). The molecule has 43 heavy (non-hydrogen) atoms. The minimum absolute atomic E-state index is 0.00867. The average molecular weight is 595 g/mol. The lowest BCUT2D eigenvalue weighted by Gasteiger charge is -2.42. The first kappa shape index (κ1) is 28.5. The van der Waals surface area contributed by atoms with Gasteiger partial charge >= 0.3 is 0 Å². The van der Waals surface area contributed by atoms with Gasteiger partial charge in [0, 0.05) is 49.4 Å². The van der Waals surface area contributed by atoms with Crippen molar-refractivity contribution >= 4 is 17.5 Å². The quantitative estimate of drug-likeness (QED) is 0.453. The third-order valence-electron chi connectivity index (χ3n) is 8.43. The molecule has 4 heterocycles. The summed E-state index contributed by atoms with van der Waals surface area (Å²) in [6, 6.07) is 9.34. The van der Waals surface area contributed by atoms with Gasteiger partial charge in [0.15, 0.2) is 17.0 Å². The summed E-state index contributed by atoms with van der Waals surface area (Å²) in [5.41, 5.74) is -1.14. The van der Waals surface area contributed by atoms with Crippen molar-refractivity contribution in [3.63, 3.8) is 0 Å². The topological polar surface area (TPSA) is 102 Å². The molecule has 0 aliphatic carbocycles. The number of rotatable bonds is 6. The van der Waals surface area contributed by atoms with Gasteiger partial charge in [-0.3, -0.25) is 14.4 Å². The Morgan fingerprint density at radius 1 is 1.16 bits per heavy atom. The van der Waals surface area contributed by atoms with Crippen molar-refractivity contribution in [2.75, 3.05) is 6.54 Å². The second-order valence-electron chi connectivity index (χ2n) is 11.3. The predicted octanol–water partition coefficient (Wildman–Crippen LogP) is 4.49. The Morgan fingerprint density at radius 2 is 1.88 bits per heavy atom. The van der Waals surface area contributed by atoms with Crippen LogP contribution in [0.2, 0.25) is 0 Å². The molecule has 9 nitrogen and oxygen atoms in total. The Kier molecular flexibility index (Phi) is 7.23. The molecule has 1 saturated heterocycles. The van der Waals surface area contributed by atoms with Gasteiger partial charge in [-0.2, -0.15) is 0 Å². The van der Waals surface area contributed by atoms with Crippen LogP contribution in [0.1, 0.15) is 71.1 Å². The van der Waals surface area contributed by atoms with Crippen LogP contribution in [-0.4, -0.2) is 45.2 Å². The summed E-state index contributed by atoms with van der Waals surface area (Å²) in [4.78, 5) is 49.0. The Balaban J connectivity index is 1.45. The Labute approximate surface area is 244 Å². The van der Waals surface area contributed by atoms with Gasteiger partial charge < -0.3 is 24.4 Å². The molecule has 1 N–H and O–H groups in total. The van der Waals surface area contributed by atoms with Crippen LogP contribution in [0.4, 0.5) is 13.2 Å². The van der Waals surface area contributed by atoms with E-state index in [4.69, 9.17) is 9.57 Å². The predicted molar refractivity (Wildman–Crippen MR) is 149 cm³/mol. The van der Waals surface area contributed by atoms with Crippen LogP contribution in [-0.2, 0) is 18.0 Å². The molecule has 0 radical (unpaired) electrons. The lowest BCUT2D eigenvalue weighted by Crippen LogP contribution is -2.52. The Hall–Kier alpha value is -4.61. The number of hydrogen-bond acceptors (Lipinski definition) is 6. The van der Waals surface area contributed by atoms with E-state index in [0.29, 0.717) is 31.4 Å². The van der Waals surface area contributed by atoms with Gasteiger partial charge in [-0.1, -0.05) is 35.5 Å². The minimum atomic E-state index is -1.18. The van der Waals surface area contributed by atoms with E-state index in [-0.39, 0.29) is 36.2 Å². The number of nitrogens with one attached hydrogen (secondary N) is 1. The molecule has 3 atom stereocenters. The lowest BCUT2D eigenvalue weighted by atomic mass is 9.84. The second kappa shape index (κ2) is 10.9. The zero-order valence-electron chi connectivity index (χ0n) is 23.5. The molecule has 1 fully saturated rings. The van der Waals surface area contributed by atoms with Crippen LogP contribution in [0.15, 0.2) is 58.6 Å². The normalized spacial score (nSPS) is 22.5. The number of hydrogen-bond donors (Lipinski definition) is 1. The van der Waals surface area contributed by atoms with Gasteiger partial charge in [0.2, 0.25) is 5.43 Å². The fourth-order valence-corrected chi connectivity index (χ4v) is 6.14. The van der Waals surface area contributed by atoms with Gasteiger partial charge in [-0.15, -0.1) is 0 Å². The molecule has 3 aliphatic heterocycles. The molecule has 12 heteroatoms. The Bertz CT molecular complexity index is 1690. The summed E-state index contributed by atoms with van der Waals surface area (Å²) >= 11 is 0. The number of fused-ring (bicyclic) bond motifs is 5. The van der Waals surface area contributed by atoms with E-state index in [1.807, 2.05) is 19.9 Å². The highest BCUT2D eigenvalue weighted by atomic mass is 19.1. The van der Waals surface area contributed by atoms with Gasteiger partial charge in [0.1, 0.15) is 29.6 Å². The van der Waals surface area contributed by atoms with Gasteiger partial charge in [0.25, 0.3) is 11.8 Å². The first-order valence-corrected chi connectivity index (χ1v) is 14.0. The van der Waals surface area contributed by atoms with Crippen LogP contribution in [0.5, 0.6) is 5.75 Å². The van der Waals surface area contributed by atoms with E-state index >= 15 is 0 Å². The number of pyridine rings is 1. The summed E-state index contributed by atoms with van der Waals surface area (Å²) in [5, 5.41) is 6.57. The van der Waals surface area contributed by atoms with Crippen molar-refractivity contribution in [1.82, 2.24) is 14.8 Å². The number of carbonyl (C=O) groups excluding carboxylic acids is 2. The minimum Gasteiger partial charge on any atom is -0.483 e. The van der Waals surface area contributed by atoms with Gasteiger partial charge in [0.05, 0.1) is 11.8 Å². The molecule has 3 aliphatic rings. The summed E-state index contributed by atoms with van der Waals surface area (Å²) in [6.07, 6.45) is 2.98. The van der Waals surface area contributed by atoms with E-state index in [2.05, 4.69) is 10.5 Å². The van der Waals surface area contributed by atoms with Crippen LogP contribution in [0.25, 0.3) is 0 Å². The highest BCUT2D eigenvalue weighted by Gasteiger charge is 2.54. The van der Waals surface area contributed by atoms with Crippen LogP contribution < -0.4 is 15.5 Å². The number of halogens is 3. The standard InChI is InChI=1S/C31H29F3N4O5/c1-17-12-31(43-36-17)9-8-18(2)37-15-25(31)38-14-22(29(40)35-13-21-23(33)10-20(32)11-24(21)34)27(39)28(26(38)30(37)41)42-16-19-6-4-3-5-7-19/h3-7,10-11,14,18,25H,8-9,12-13,15-16H2,1-2H3,(H,35,40)/t18-,25+,31-/m0/s1. The number of nitrogens with zero attached hydrogens (tertiary/aromatic N) is 3. The number of amides is 2. The molecule has 0 unspecified atom stereocenters. The van der Waals surface area contributed by atoms with E-state index < -0.39 is 58.4 Å². The maximum Gasteiger partial charge on any atom is 0.274 e. The van der Waals surface area contributed by atoms with Crippen molar-refractivity contribution in [3.05, 3.63) is 98.7 Å². The average Bonchev–Trinajstić information content (AvgIpc) is 3.30. The maximum absolute atomic E-state index is 14.3. The van der Waals surface area contributed by atoms with Crippen LogP contribution in [0.3, 0.4) is 0 Å². The molecule has 224 valence electrons. The number of carbonyl (C=O) groups is 2. The molecule has 3 aromatic rings. The first-order valence-electron chi connectivity index (χ1n) is 14.0. The summed E-state index contributed by atoms with van der Waals surface area (Å²) in [6.45, 7) is 3.33. The fourth-order valence-electron chi connectivity index (χ4n) is 6.14. The molecular weight excluding hydrogens is 565 g/mol. The highest BCUT2D eigenvalue weighted by molar-refractivity contribution is 5.99. The number of benzene rings is 2. The Morgan fingerprint density at radius 3 is 2.56 bits per heavy atom. The van der Waals surface area contributed by atoms with Crippen molar-refractivity contribution in [1.29, 1.82) is 0 Å². The van der Waals surface area contributed by atoms with E-state index in [0.717, 1.165) is 11.3 Å². The highest BCUT2D eigenvalue weighted by Crippen LogP contribution is 2.46. The molecule has 1 aromatic heterocycles. The molecule has 1 spiro atoms. The second-order valence-corrected chi connectivity index (χ2v) is 11.3. The zero-order valence-corrected chi connectivity index (χ0v) is 23.5. The third kappa shape index (κ3) is 5.04. The summed E-state index contributed by atoms with van der Waals surface area (Å²) < 4.78 is 49.5. The van der Waals surface area contributed by atoms with Crippen molar-refractivity contribution in [2.24, 2.45) is 5.16 Å². The van der Waals surface area contributed by atoms with E-state index in [1.165, 1.54) is 6.20 Å². The van der Waals surface area contributed by atoms with Crippen molar-refractivity contribution in [2.45, 2.75) is 63.9 Å². The lowest BCUT2D eigenvalue weighted by molar-refractivity contribution is -0.0656. The summed E-state index contributed by atoms with van der Waals surface area (Å²) in [7, 11) is 0. The van der Waals surface area contributed by atoms with E-state index in [9.17, 15) is 27.6 Å². The molecule has 2 bridgehead atoms. The smallest absolute Gasteiger partial charge is 0.274 e. The monoisotopic (exact) mass is 594 g/mol. The van der Waals surface area contributed by atoms with Crippen LogP contribution >= 0.6 is 0 Å². The zero-order chi connectivity index (χ0) is 30.5. The molecule has 2 amide bonds. The molecule has 0 saturated carbocycles. The van der Waals surface area contributed by atoms with Crippen molar-refractivity contribution in [3.8, 4) is 5.75 Å². The number of ether oxygens (including phenoxy) is 1. The van der Waals surface area contributed by atoms with Gasteiger partial charge in [-0.25, -0.2) is 13.2 Å². The molecule has 2 aromatic carbocycles. The van der Waals surface area contributed by atoms with E-state index in [1.54, 1.807) is 33.7 Å².